The number of carbonyl (C=O) groups is 2. The number of nitrogens with one attached hydrogen (secondary N) is 3. The van der Waals surface area contributed by atoms with Crippen LogP contribution in [0.3, 0.4) is 0 Å². The molecule has 1 heterocycles. The molecule has 0 aromatic heterocycles. The zero-order chi connectivity index (χ0) is 11.4. The third-order valence-electron chi connectivity index (χ3n) is 3.05. The lowest BCUT2D eigenvalue weighted by molar-refractivity contribution is -0.124. The average molecular weight is 225 g/mol. The average Bonchev–Trinajstić information content (AvgIpc) is 2.99. The van der Waals surface area contributed by atoms with E-state index < -0.39 is 0 Å². The van der Waals surface area contributed by atoms with Crippen LogP contribution in [0.1, 0.15) is 25.7 Å². The fourth-order valence-corrected chi connectivity index (χ4v) is 1.89. The molecule has 0 aromatic rings. The lowest BCUT2D eigenvalue weighted by Crippen LogP contribution is -2.43. The number of hydrogen-bond acceptors (Lipinski definition) is 3. The van der Waals surface area contributed by atoms with Gasteiger partial charge in [-0.2, -0.15) is 0 Å². The van der Waals surface area contributed by atoms with E-state index in [1.807, 2.05) is 0 Å². The Morgan fingerprint density at radius 3 is 2.31 bits per heavy atom. The van der Waals surface area contributed by atoms with Gasteiger partial charge in [0.25, 0.3) is 0 Å². The number of rotatable bonds is 5. The van der Waals surface area contributed by atoms with Gasteiger partial charge >= 0.3 is 0 Å². The van der Waals surface area contributed by atoms with Gasteiger partial charge in [-0.05, 0) is 32.2 Å². The van der Waals surface area contributed by atoms with Crippen LogP contribution in [0, 0.1) is 5.92 Å². The molecule has 16 heavy (non-hydrogen) atoms. The molecule has 1 atom stereocenters. The fraction of sp³-hybridized carbons (Fsp3) is 0.818. The molecule has 0 unspecified atom stereocenters. The summed E-state index contributed by atoms with van der Waals surface area (Å²) in [6, 6.07) is -0.0286. The minimum absolute atomic E-state index is 0.0286. The summed E-state index contributed by atoms with van der Waals surface area (Å²) in [7, 11) is 0. The van der Waals surface area contributed by atoms with E-state index in [0.29, 0.717) is 13.1 Å². The van der Waals surface area contributed by atoms with E-state index in [9.17, 15) is 9.59 Å². The lowest BCUT2D eigenvalue weighted by Gasteiger charge is -2.11. The Bertz CT molecular complexity index is 270. The first-order chi connectivity index (χ1) is 7.77. The van der Waals surface area contributed by atoms with Crippen molar-refractivity contribution in [2.24, 2.45) is 5.92 Å². The van der Waals surface area contributed by atoms with Crippen molar-refractivity contribution in [3.63, 3.8) is 0 Å². The highest BCUT2D eigenvalue weighted by molar-refractivity contribution is 5.82. The van der Waals surface area contributed by atoms with Gasteiger partial charge in [-0.3, -0.25) is 9.59 Å². The predicted octanol–water partition coefficient (Wildman–Crippen LogP) is -0.619. The van der Waals surface area contributed by atoms with E-state index in [1.54, 1.807) is 0 Å². The molecular weight excluding hydrogens is 206 g/mol. The zero-order valence-corrected chi connectivity index (χ0v) is 9.42. The Balaban J connectivity index is 1.53. The van der Waals surface area contributed by atoms with Gasteiger partial charge in [0.2, 0.25) is 11.8 Å². The quantitative estimate of drug-likeness (QED) is 0.546. The summed E-state index contributed by atoms with van der Waals surface area (Å²) in [5, 5.41) is 8.77. The van der Waals surface area contributed by atoms with Gasteiger partial charge < -0.3 is 16.0 Å². The normalized spacial score (nSPS) is 24.1. The molecule has 2 rings (SSSR count). The summed E-state index contributed by atoms with van der Waals surface area (Å²) >= 11 is 0. The molecule has 0 radical (unpaired) electrons. The molecule has 1 aliphatic heterocycles. The first-order valence-corrected chi connectivity index (χ1v) is 6.06. The fourth-order valence-electron chi connectivity index (χ4n) is 1.89. The van der Waals surface area contributed by atoms with E-state index in [0.717, 1.165) is 32.2 Å². The van der Waals surface area contributed by atoms with Crippen LogP contribution in [0.25, 0.3) is 0 Å². The van der Waals surface area contributed by atoms with Gasteiger partial charge in [0.1, 0.15) is 0 Å². The maximum Gasteiger partial charge on any atom is 0.237 e. The van der Waals surface area contributed by atoms with E-state index in [1.165, 1.54) is 0 Å². The second-order valence-electron chi connectivity index (χ2n) is 4.51. The van der Waals surface area contributed by atoms with Crippen LogP contribution in [-0.4, -0.2) is 37.5 Å². The van der Waals surface area contributed by atoms with Crippen LogP contribution < -0.4 is 16.0 Å². The molecule has 2 fully saturated rings. The number of hydrogen-bond donors (Lipinski definition) is 3. The molecule has 3 N–H and O–H groups in total. The molecule has 2 aliphatic rings. The highest BCUT2D eigenvalue weighted by Crippen LogP contribution is 2.28. The first kappa shape index (κ1) is 11.4. The van der Waals surface area contributed by atoms with Gasteiger partial charge in [-0.25, -0.2) is 0 Å². The highest BCUT2D eigenvalue weighted by atomic mass is 16.2. The topological polar surface area (TPSA) is 70.2 Å². The number of carbonyl (C=O) groups excluding carboxylic acids is 2. The Hall–Kier alpha value is -1.10. The Morgan fingerprint density at radius 1 is 1.06 bits per heavy atom. The third kappa shape index (κ3) is 3.20. The van der Waals surface area contributed by atoms with E-state index in [-0.39, 0.29) is 23.8 Å². The Morgan fingerprint density at radius 2 is 1.75 bits per heavy atom. The van der Waals surface area contributed by atoms with Gasteiger partial charge in [0.15, 0.2) is 0 Å². The van der Waals surface area contributed by atoms with Crippen LogP contribution in [0.5, 0.6) is 0 Å². The highest BCUT2D eigenvalue weighted by Gasteiger charge is 2.29. The Kier molecular flexibility index (Phi) is 3.77. The molecule has 0 bridgehead atoms. The largest absolute Gasteiger partial charge is 0.354 e. The minimum Gasteiger partial charge on any atom is -0.354 e. The first-order valence-electron chi connectivity index (χ1n) is 6.06. The standard InChI is InChI=1S/C11H19N3O2/c15-10(8-3-4-8)13-6-7-14-11(16)9-2-1-5-12-9/h8-9,12H,1-7H2,(H,13,15)(H,14,16)/t9-/m0/s1. The van der Waals surface area contributed by atoms with Crippen molar-refractivity contribution in [3.05, 3.63) is 0 Å². The molecule has 90 valence electrons. The lowest BCUT2D eigenvalue weighted by atomic mass is 10.2. The van der Waals surface area contributed by atoms with Gasteiger partial charge in [0, 0.05) is 19.0 Å². The van der Waals surface area contributed by atoms with E-state index in [4.69, 9.17) is 0 Å². The van der Waals surface area contributed by atoms with Crippen LogP contribution in [0.15, 0.2) is 0 Å². The van der Waals surface area contributed by atoms with Crippen molar-refractivity contribution in [2.45, 2.75) is 31.7 Å². The molecule has 5 nitrogen and oxygen atoms in total. The monoisotopic (exact) mass is 225 g/mol. The van der Waals surface area contributed by atoms with Crippen molar-refractivity contribution in [1.82, 2.24) is 16.0 Å². The molecule has 2 amide bonds. The SMILES string of the molecule is O=C(NCCNC(=O)[C@@H]1CCCN1)C1CC1. The molecule has 1 saturated heterocycles. The molecule has 1 aliphatic carbocycles. The van der Waals surface area contributed by atoms with E-state index in [2.05, 4.69) is 16.0 Å². The minimum atomic E-state index is -0.0286. The molecule has 1 saturated carbocycles. The molecule has 0 spiro atoms. The molecular formula is C11H19N3O2. The summed E-state index contributed by atoms with van der Waals surface area (Å²) in [6.45, 7) is 1.99. The smallest absolute Gasteiger partial charge is 0.237 e. The molecule has 5 heteroatoms. The number of amides is 2. The third-order valence-corrected chi connectivity index (χ3v) is 3.05. The van der Waals surface area contributed by atoms with Gasteiger partial charge in [-0.15, -0.1) is 0 Å². The summed E-state index contributed by atoms with van der Waals surface area (Å²) in [5.74, 6) is 0.429. The van der Waals surface area contributed by atoms with Crippen molar-refractivity contribution in [3.8, 4) is 0 Å². The van der Waals surface area contributed by atoms with Crippen molar-refractivity contribution >= 4 is 11.8 Å². The summed E-state index contributed by atoms with van der Waals surface area (Å²) in [4.78, 5) is 22.8. The summed E-state index contributed by atoms with van der Waals surface area (Å²) < 4.78 is 0. The van der Waals surface area contributed by atoms with Crippen molar-refractivity contribution < 1.29 is 9.59 Å². The van der Waals surface area contributed by atoms with Gasteiger partial charge in [-0.1, -0.05) is 0 Å². The zero-order valence-electron chi connectivity index (χ0n) is 9.42. The maximum absolute atomic E-state index is 11.5. The van der Waals surface area contributed by atoms with Crippen molar-refractivity contribution in [2.75, 3.05) is 19.6 Å². The maximum atomic E-state index is 11.5. The van der Waals surface area contributed by atoms with Crippen LogP contribution in [-0.2, 0) is 9.59 Å². The second-order valence-corrected chi connectivity index (χ2v) is 4.51. The molecule has 0 aromatic carbocycles. The predicted molar refractivity (Wildman–Crippen MR) is 59.8 cm³/mol. The summed E-state index contributed by atoms with van der Waals surface area (Å²) in [6.07, 6.45) is 4.02. The van der Waals surface area contributed by atoms with E-state index >= 15 is 0 Å². The van der Waals surface area contributed by atoms with Gasteiger partial charge in [0.05, 0.1) is 6.04 Å². The second kappa shape index (κ2) is 5.30. The Labute approximate surface area is 95.3 Å². The van der Waals surface area contributed by atoms with Crippen LogP contribution in [0.2, 0.25) is 0 Å². The van der Waals surface area contributed by atoms with Crippen LogP contribution >= 0.6 is 0 Å². The van der Waals surface area contributed by atoms with Crippen LogP contribution in [0.4, 0.5) is 0 Å². The summed E-state index contributed by atoms with van der Waals surface area (Å²) in [5.41, 5.74) is 0. The van der Waals surface area contributed by atoms with Crippen molar-refractivity contribution in [1.29, 1.82) is 0 Å².